The van der Waals surface area contributed by atoms with Crippen molar-refractivity contribution in [1.82, 2.24) is 0 Å². The number of furan rings is 1. The molecule has 0 amide bonds. The van der Waals surface area contributed by atoms with Crippen LogP contribution in [0.25, 0.3) is 43.8 Å². The zero-order valence-corrected chi connectivity index (χ0v) is 18.3. The van der Waals surface area contributed by atoms with Crippen LogP contribution in [0.3, 0.4) is 0 Å². The molecule has 0 fully saturated rings. The minimum absolute atomic E-state index is 0.0306. The van der Waals surface area contributed by atoms with E-state index in [9.17, 15) is 15.3 Å². The molecule has 0 saturated carbocycles. The summed E-state index contributed by atoms with van der Waals surface area (Å²) in [6, 6.07) is 23.4. The first-order valence-electron chi connectivity index (χ1n) is 10.2. The molecule has 1 aromatic heterocycles. The van der Waals surface area contributed by atoms with E-state index in [4.69, 9.17) is 4.42 Å². The zero-order chi connectivity index (χ0) is 22.0. The van der Waals surface area contributed by atoms with E-state index in [1.165, 1.54) is 0 Å². The van der Waals surface area contributed by atoms with Gasteiger partial charge < -0.3 is 19.7 Å². The van der Waals surface area contributed by atoms with Gasteiger partial charge in [0.15, 0.2) is 11.5 Å². The van der Waals surface area contributed by atoms with Gasteiger partial charge >= 0.3 is 0 Å². The normalized spacial score (nSPS) is 14.4. The average Bonchev–Trinajstić information content (AvgIpc) is 3.16. The number of hydrogen-bond acceptors (Lipinski definition) is 4. The molecule has 32 heavy (non-hydrogen) atoms. The molecule has 0 saturated heterocycles. The lowest BCUT2D eigenvalue weighted by molar-refractivity contribution is 0.328. The zero-order valence-electron chi connectivity index (χ0n) is 16.8. The van der Waals surface area contributed by atoms with Crippen LogP contribution < -0.4 is 0 Å². The van der Waals surface area contributed by atoms with Gasteiger partial charge in [-0.1, -0.05) is 66.7 Å². The number of fused-ring (bicyclic) bond motifs is 5. The SMILES string of the molecule is OC1=C(O)c2oc3ccccc3c2C(c2c3ccccc3c(Br)c3ccccc23)=C(O)C1. The van der Waals surface area contributed by atoms with Crippen LogP contribution in [0.4, 0.5) is 0 Å². The Kier molecular flexibility index (Phi) is 4.10. The number of hydrogen-bond donors (Lipinski definition) is 3. The Hall–Kier alpha value is -3.70. The predicted octanol–water partition coefficient (Wildman–Crippen LogP) is 8.01. The van der Waals surface area contributed by atoms with Gasteiger partial charge in [-0.2, -0.15) is 0 Å². The van der Waals surface area contributed by atoms with Crippen molar-refractivity contribution in [2.45, 2.75) is 6.42 Å². The maximum atomic E-state index is 11.3. The second-order valence-corrected chi connectivity index (χ2v) is 8.67. The lowest BCUT2D eigenvalue weighted by atomic mass is 9.86. The summed E-state index contributed by atoms with van der Waals surface area (Å²) < 4.78 is 6.95. The molecule has 6 rings (SSSR count). The van der Waals surface area contributed by atoms with Crippen LogP contribution in [0.5, 0.6) is 0 Å². The molecule has 1 heterocycles. The number of rotatable bonds is 1. The third-order valence-electron chi connectivity index (χ3n) is 6.07. The summed E-state index contributed by atoms with van der Waals surface area (Å²) in [5.41, 5.74) is 2.50. The summed E-state index contributed by atoms with van der Waals surface area (Å²) in [6.45, 7) is 0. The van der Waals surface area contributed by atoms with Crippen LogP contribution >= 0.6 is 15.9 Å². The average molecular weight is 485 g/mol. The molecule has 3 N–H and O–H groups in total. The Labute approximate surface area is 191 Å². The number of halogens is 1. The van der Waals surface area contributed by atoms with Gasteiger partial charge in [-0.15, -0.1) is 0 Å². The Morgan fingerprint density at radius 1 is 0.625 bits per heavy atom. The van der Waals surface area contributed by atoms with Crippen molar-refractivity contribution >= 4 is 59.8 Å². The van der Waals surface area contributed by atoms with Crippen molar-refractivity contribution in [2.24, 2.45) is 0 Å². The highest BCUT2D eigenvalue weighted by molar-refractivity contribution is 9.10. The van der Waals surface area contributed by atoms with Gasteiger partial charge in [-0.3, -0.25) is 0 Å². The van der Waals surface area contributed by atoms with E-state index in [0.717, 1.165) is 37.0 Å². The highest BCUT2D eigenvalue weighted by Gasteiger charge is 2.31. The van der Waals surface area contributed by atoms with E-state index in [1.54, 1.807) is 6.07 Å². The van der Waals surface area contributed by atoms with Crippen LogP contribution in [-0.4, -0.2) is 15.3 Å². The first kappa shape index (κ1) is 19.0. The van der Waals surface area contributed by atoms with Gasteiger partial charge in [0, 0.05) is 26.6 Å². The molecule has 0 radical (unpaired) electrons. The number of para-hydroxylation sites is 1. The quantitative estimate of drug-likeness (QED) is 0.210. The molecule has 1 aliphatic rings. The van der Waals surface area contributed by atoms with Crippen molar-refractivity contribution < 1.29 is 19.7 Å². The smallest absolute Gasteiger partial charge is 0.197 e. The third-order valence-corrected chi connectivity index (χ3v) is 6.93. The van der Waals surface area contributed by atoms with Gasteiger partial charge in [0.05, 0.1) is 6.42 Å². The molecule has 0 unspecified atom stereocenters. The standard InChI is InChI=1S/C27H17BrO4/c28-25-16-9-3-1-7-14(16)22(15-8-2-4-10-17(15)25)24-19(29)13-20(30)26(31)27-23(24)18-11-5-6-12-21(18)32-27/h1-12,29-31H,13H2. The Bertz CT molecular complexity index is 1580. The van der Waals surface area contributed by atoms with Crippen molar-refractivity contribution in [3.05, 3.63) is 106 Å². The molecule has 0 atom stereocenters. The number of aliphatic hydroxyl groups excluding tert-OH is 3. The minimum Gasteiger partial charge on any atom is -0.511 e. The molecule has 5 aromatic rings. The summed E-state index contributed by atoms with van der Waals surface area (Å²) >= 11 is 3.77. The molecule has 4 aromatic carbocycles. The largest absolute Gasteiger partial charge is 0.511 e. The Balaban J connectivity index is 1.86. The summed E-state index contributed by atoms with van der Waals surface area (Å²) in [5.74, 6) is -0.567. The van der Waals surface area contributed by atoms with Crippen LogP contribution in [0.15, 0.2) is 93.2 Å². The fourth-order valence-corrected chi connectivity index (χ4v) is 5.37. The molecule has 4 nitrogen and oxygen atoms in total. The Morgan fingerprint density at radius 2 is 1.16 bits per heavy atom. The summed E-state index contributed by atoms with van der Waals surface area (Å²) in [5, 5.41) is 37.2. The third kappa shape index (κ3) is 2.55. The number of aliphatic hydroxyl groups is 3. The monoisotopic (exact) mass is 484 g/mol. The highest BCUT2D eigenvalue weighted by Crippen LogP contribution is 2.48. The second kappa shape index (κ2) is 6.90. The maximum Gasteiger partial charge on any atom is 0.197 e. The van der Waals surface area contributed by atoms with Gasteiger partial charge in [-0.05, 0) is 43.5 Å². The second-order valence-electron chi connectivity index (χ2n) is 7.88. The van der Waals surface area contributed by atoms with E-state index in [1.807, 2.05) is 66.7 Å². The molecular formula is C27H17BrO4. The molecule has 0 spiro atoms. The Morgan fingerprint density at radius 3 is 1.78 bits per heavy atom. The van der Waals surface area contributed by atoms with E-state index >= 15 is 0 Å². The molecule has 156 valence electrons. The molecule has 1 aliphatic carbocycles. The van der Waals surface area contributed by atoms with Crippen molar-refractivity contribution in [2.75, 3.05) is 0 Å². The predicted molar refractivity (Wildman–Crippen MR) is 131 cm³/mol. The van der Waals surface area contributed by atoms with Crippen LogP contribution in [0, 0.1) is 0 Å². The minimum atomic E-state index is -0.358. The fraction of sp³-hybridized carbons (Fsp3) is 0.0370. The fourth-order valence-electron chi connectivity index (χ4n) is 4.68. The van der Waals surface area contributed by atoms with Gasteiger partial charge in [0.1, 0.15) is 17.1 Å². The van der Waals surface area contributed by atoms with Gasteiger partial charge in [0.2, 0.25) is 0 Å². The van der Waals surface area contributed by atoms with E-state index in [-0.39, 0.29) is 29.5 Å². The summed E-state index contributed by atoms with van der Waals surface area (Å²) in [6.07, 6.45) is -0.196. The van der Waals surface area contributed by atoms with E-state index < -0.39 is 0 Å². The van der Waals surface area contributed by atoms with Gasteiger partial charge in [0.25, 0.3) is 0 Å². The maximum absolute atomic E-state index is 11.3. The molecule has 0 bridgehead atoms. The van der Waals surface area contributed by atoms with Crippen LogP contribution in [-0.2, 0) is 0 Å². The van der Waals surface area contributed by atoms with Crippen LogP contribution in [0.2, 0.25) is 0 Å². The van der Waals surface area contributed by atoms with Crippen molar-refractivity contribution in [3.63, 3.8) is 0 Å². The molecule has 5 heteroatoms. The molecule has 0 aliphatic heterocycles. The van der Waals surface area contributed by atoms with E-state index in [2.05, 4.69) is 15.9 Å². The summed E-state index contributed by atoms with van der Waals surface area (Å²) in [4.78, 5) is 0. The lowest BCUT2D eigenvalue weighted by Crippen LogP contribution is -1.98. The molecular weight excluding hydrogens is 468 g/mol. The van der Waals surface area contributed by atoms with Crippen molar-refractivity contribution in [3.8, 4) is 0 Å². The van der Waals surface area contributed by atoms with E-state index in [0.29, 0.717) is 16.7 Å². The topological polar surface area (TPSA) is 73.8 Å². The highest BCUT2D eigenvalue weighted by atomic mass is 79.9. The number of benzene rings is 4. The van der Waals surface area contributed by atoms with Crippen LogP contribution in [0.1, 0.15) is 23.3 Å². The summed E-state index contributed by atoms with van der Waals surface area (Å²) in [7, 11) is 0. The van der Waals surface area contributed by atoms with Gasteiger partial charge in [-0.25, -0.2) is 0 Å². The lowest BCUT2D eigenvalue weighted by Gasteiger charge is -2.17. The first-order chi connectivity index (χ1) is 15.6. The van der Waals surface area contributed by atoms with Crippen molar-refractivity contribution in [1.29, 1.82) is 0 Å². The first-order valence-corrected chi connectivity index (χ1v) is 11.0.